The van der Waals surface area contributed by atoms with Crippen molar-refractivity contribution in [3.05, 3.63) is 47.0 Å². The van der Waals surface area contributed by atoms with Crippen molar-refractivity contribution in [2.45, 2.75) is 38.5 Å². The van der Waals surface area contributed by atoms with Crippen LogP contribution in [-0.4, -0.2) is 78.0 Å². The Hall–Kier alpha value is -2.18. The minimum Gasteiger partial charge on any atom is -0.360 e. The molecule has 0 N–H and O–H groups in total. The van der Waals surface area contributed by atoms with E-state index in [9.17, 15) is 9.59 Å². The molecule has 2 bridgehead atoms. The van der Waals surface area contributed by atoms with Gasteiger partial charge >= 0.3 is 0 Å². The van der Waals surface area contributed by atoms with Crippen molar-refractivity contribution < 1.29 is 14.3 Å². The first-order valence-electron chi connectivity index (χ1n) is 11.1. The molecule has 1 aromatic carbocycles. The van der Waals surface area contributed by atoms with Crippen molar-refractivity contribution in [2.75, 3.05) is 39.8 Å². The van der Waals surface area contributed by atoms with Crippen molar-refractivity contribution in [1.82, 2.24) is 14.7 Å². The first-order valence-corrected chi connectivity index (χ1v) is 11.1. The maximum atomic E-state index is 13.5. The van der Waals surface area contributed by atoms with Gasteiger partial charge in [-0.25, -0.2) is 0 Å². The molecule has 0 radical (unpaired) electrons. The van der Waals surface area contributed by atoms with Crippen LogP contribution in [0.2, 0.25) is 0 Å². The fourth-order valence-corrected chi connectivity index (χ4v) is 5.65. The summed E-state index contributed by atoms with van der Waals surface area (Å²) in [5, 5.41) is 0. The number of hydrogen-bond acceptors (Lipinski definition) is 4. The molecule has 0 aliphatic carbocycles. The number of rotatable bonds is 3. The Balaban J connectivity index is 1.38. The summed E-state index contributed by atoms with van der Waals surface area (Å²) in [5.41, 5.74) is 2.90. The Morgan fingerprint density at radius 2 is 2.03 bits per heavy atom. The van der Waals surface area contributed by atoms with E-state index in [1.807, 2.05) is 22.0 Å². The van der Waals surface area contributed by atoms with Crippen LogP contribution in [0.15, 0.2) is 30.4 Å². The summed E-state index contributed by atoms with van der Waals surface area (Å²) in [5.74, 6) is -0.637. The number of likely N-dealkylation sites (N-methyl/N-ethyl adjacent to an activating group) is 1. The number of carbonyl (C=O) groups excluding carboxylic acids is 2. The molecule has 1 spiro atoms. The van der Waals surface area contributed by atoms with Gasteiger partial charge in [0.25, 0.3) is 0 Å². The highest BCUT2D eigenvalue weighted by atomic mass is 16.5. The summed E-state index contributed by atoms with van der Waals surface area (Å²) in [6.07, 6.45) is 4.76. The third-order valence-corrected chi connectivity index (χ3v) is 7.36. The smallest absolute Gasteiger partial charge is 0.230 e. The van der Waals surface area contributed by atoms with E-state index in [1.165, 1.54) is 11.1 Å². The normalized spacial score (nSPS) is 33.3. The third kappa shape index (κ3) is 3.08. The molecule has 5 rings (SSSR count). The zero-order valence-corrected chi connectivity index (χ0v) is 18.1. The van der Waals surface area contributed by atoms with Gasteiger partial charge < -0.3 is 19.4 Å². The number of ether oxygens (including phenoxy) is 1. The zero-order chi connectivity index (χ0) is 21.0. The van der Waals surface area contributed by atoms with E-state index in [2.05, 4.69) is 44.0 Å². The Kier molecular flexibility index (Phi) is 4.75. The Morgan fingerprint density at radius 1 is 1.20 bits per heavy atom. The number of nitrogens with zero attached hydrogens (tertiary/aromatic N) is 3. The van der Waals surface area contributed by atoms with Crippen LogP contribution in [0.3, 0.4) is 0 Å². The van der Waals surface area contributed by atoms with E-state index in [0.29, 0.717) is 13.1 Å². The first-order chi connectivity index (χ1) is 14.4. The molecule has 1 aromatic rings. The van der Waals surface area contributed by atoms with Crippen molar-refractivity contribution in [3.63, 3.8) is 0 Å². The van der Waals surface area contributed by atoms with Gasteiger partial charge in [0, 0.05) is 26.2 Å². The van der Waals surface area contributed by atoms with Gasteiger partial charge in [-0.05, 0) is 45.0 Å². The number of aryl methyl sites for hydroxylation is 2. The second kappa shape index (κ2) is 7.20. The quantitative estimate of drug-likeness (QED) is 0.714. The Bertz CT molecular complexity index is 913. The summed E-state index contributed by atoms with van der Waals surface area (Å²) < 4.78 is 6.32. The summed E-state index contributed by atoms with van der Waals surface area (Å²) in [4.78, 5) is 33.2. The van der Waals surface area contributed by atoms with E-state index < -0.39 is 17.4 Å². The molecule has 0 aromatic heterocycles. The number of amides is 2. The summed E-state index contributed by atoms with van der Waals surface area (Å²) >= 11 is 0. The van der Waals surface area contributed by atoms with Gasteiger partial charge in [-0.1, -0.05) is 35.9 Å². The molecule has 6 heteroatoms. The van der Waals surface area contributed by atoms with E-state index in [-0.39, 0.29) is 17.9 Å². The predicted molar refractivity (Wildman–Crippen MR) is 114 cm³/mol. The molecule has 30 heavy (non-hydrogen) atoms. The summed E-state index contributed by atoms with van der Waals surface area (Å²) in [7, 11) is 2.10. The largest absolute Gasteiger partial charge is 0.360 e. The van der Waals surface area contributed by atoms with Crippen LogP contribution in [0.5, 0.6) is 0 Å². The van der Waals surface area contributed by atoms with Gasteiger partial charge in [0.15, 0.2) is 0 Å². The van der Waals surface area contributed by atoms with E-state index in [0.717, 1.165) is 38.2 Å². The second-order valence-electron chi connectivity index (χ2n) is 9.51. The number of fused-ring (bicyclic) bond motifs is 1. The molecule has 4 aliphatic heterocycles. The van der Waals surface area contributed by atoms with E-state index in [1.54, 1.807) is 0 Å². The second-order valence-corrected chi connectivity index (χ2v) is 9.51. The minimum atomic E-state index is -0.636. The van der Waals surface area contributed by atoms with Crippen molar-refractivity contribution in [1.29, 1.82) is 0 Å². The highest BCUT2D eigenvalue weighted by molar-refractivity contribution is 5.93. The molecule has 160 valence electrons. The van der Waals surface area contributed by atoms with Crippen molar-refractivity contribution in [2.24, 2.45) is 11.8 Å². The molecule has 4 aliphatic rings. The van der Waals surface area contributed by atoms with Crippen molar-refractivity contribution >= 4 is 11.8 Å². The molecular formula is C24H31N3O3. The highest BCUT2D eigenvalue weighted by Crippen LogP contribution is 2.52. The Morgan fingerprint density at radius 3 is 2.87 bits per heavy atom. The third-order valence-electron chi connectivity index (χ3n) is 7.36. The van der Waals surface area contributed by atoms with Gasteiger partial charge in [-0.2, -0.15) is 0 Å². The van der Waals surface area contributed by atoms with Gasteiger partial charge in [-0.3, -0.25) is 9.59 Å². The molecular weight excluding hydrogens is 378 g/mol. The lowest BCUT2D eigenvalue weighted by Gasteiger charge is -2.29. The van der Waals surface area contributed by atoms with Gasteiger partial charge in [0.2, 0.25) is 11.8 Å². The Labute approximate surface area is 178 Å². The van der Waals surface area contributed by atoms with Crippen LogP contribution >= 0.6 is 0 Å². The maximum absolute atomic E-state index is 13.5. The molecule has 0 saturated carbocycles. The van der Waals surface area contributed by atoms with Crippen LogP contribution < -0.4 is 0 Å². The number of hydrogen-bond donors (Lipinski definition) is 0. The molecule has 3 fully saturated rings. The van der Waals surface area contributed by atoms with Gasteiger partial charge in [-0.15, -0.1) is 0 Å². The average molecular weight is 410 g/mol. The molecule has 6 nitrogen and oxygen atoms in total. The fourth-order valence-electron chi connectivity index (χ4n) is 5.65. The van der Waals surface area contributed by atoms with Gasteiger partial charge in [0.1, 0.15) is 5.60 Å². The van der Waals surface area contributed by atoms with E-state index >= 15 is 0 Å². The average Bonchev–Trinajstić information content (AvgIpc) is 3.28. The number of benzene rings is 1. The van der Waals surface area contributed by atoms with Crippen LogP contribution in [0.1, 0.15) is 23.1 Å². The molecule has 2 amide bonds. The molecule has 4 atom stereocenters. The number of likely N-dealkylation sites (tertiary alicyclic amines) is 1. The molecule has 3 saturated heterocycles. The predicted octanol–water partition coefficient (Wildman–Crippen LogP) is 1.75. The van der Waals surface area contributed by atoms with Crippen LogP contribution in [-0.2, 0) is 20.9 Å². The minimum absolute atomic E-state index is 0.0630. The van der Waals surface area contributed by atoms with E-state index in [4.69, 9.17) is 4.74 Å². The lowest BCUT2D eigenvalue weighted by molar-refractivity contribution is -0.143. The van der Waals surface area contributed by atoms with Crippen LogP contribution in [0.4, 0.5) is 0 Å². The standard InChI is InChI=1S/C24H31N3O3/c1-16-5-6-17(2)18(13-16)14-27-15-24-8-7-19(30-24)20(21(24)23(27)29)22(28)26-10-4-9-25(3)11-12-26/h5-8,13,19-21H,4,9-12,14-15H2,1-3H3/t19-,20+,21+,24-/m0/s1. The summed E-state index contributed by atoms with van der Waals surface area (Å²) in [6.45, 7) is 8.62. The van der Waals surface area contributed by atoms with Crippen LogP contribution in [0, 0.1) is 25.7 Å². The zero-order valence-electron chi connectivity index (χ0n) is 18.1. The lowest BCUT2D eigenvalue weighted by Crippen LogP contribution is -2.47. The van der Waals surface area contributed by atoms with Gasteiger partial charge in [0.05, 0.1) is 24.5 Å². The van der Waals surface area contributed by atoms with Crippen molar-refractivity contribution in [3.8, 4) is 0 Å². The fraction of sp³-hybridized carbons (Fsp3) is 0.583. The van der Waals surface area contributed by atoms with Crippen LogP contribution in [0.25, 0.3) is 0 Å². The maximum Gasteiger partial charge on any atom is 0.230 e. The molecule has 4 heterocycles. The SMILES string of the molecule is Cc1ccc(C)c(CN2C[C@]34C=C[C@H](O3)[C@@H](C(=O)N3CCCN(C)CC3)[C@@H]4C2=O)c1. The number of carbonyl (C=O) groups is 2. The monoisotopic (exact) mass is 409 g/mol. The topological polar surface area (TPSA) is 53.1 Å². The summed E-state index contributed by atoms with van der Waals surface area (Å²) in [6, 6.07) is 6.35. The lowest BCUT2D eigenvalue weighted by atomic mass is 9.76. The highest BCUT2D eigenvalue weighted by Gasteiger charge is 2.67. The first kappa shape index (κ1) is 19.8. The molecule has 0 unspecified atom stereocenters.